The van der Waals surface area contributed by atoms with E-state index in [2.05, 4.69) is 45.1 Å². The number of ether oxygens (including phenoxy) is 3. The monoisotopic (exact) mass is 803 g/mol. The molecule has 0 heterocycles. The molecule has 6 heteroatoms. The van der Waals surface area contributed by atoms with Crippen LogP contribution in [0.1, 0.15) is 265 Å². The Balaban J connectivity index is 4.35. The van der Waals surface area contributed by atoms with Crippen molar-refractivity contribution in [2.45, 2.75) is 271 Å². The van der Waals surface area contributed by atoms with Gasteiger partial charge in [-0.15, -0.1) is 0 Å². The van der Waals surface area contributed by atoms with Crippen molar-refractivity contribution in [2.75, 3.05) is 13.2 Å². The van der Waals surface area contributed by atoms with Crippen LogP contribution in [-0.2, 0) is 28.6 Å². The lowest BCUT2D eigenvalue weighted by molar-refractivity contribution is -0.167. The third-order valence-corrected chi connectivity index (χ3v) is 10.9. The highest BCUT2D eigenvalue weighted by atomic mass is 16.6. The van der Waals surface area contributed by atoms with Gasteiger partial charge in [-0.05, 0) is 70.6 Å². The first-order valence-corrected chi connectivity index (χ1v) is 24.8. The van der Waals surface area contributed by atoms with Gasteiger partial charge in [-0.25, -0.2) is 0 Å². The number of rotatable bonds is 45. The molecule has 0 radical (unpaired) electrons. The molecule has 0 aromatic rings. The maximum atomic E-state index is 12.7. The average molecular weight is 803 g/mol. The third-order valence-electron chi connectivity index (χ3n) is 10.9. The van der Waals surface area contributed by atoms with Crippen LogP contribution in [0.3, 0.4) is 0 Å². The molecule has 0 N–H and O–H groups in total. The molecule has 0 fully saturated rings. The summed E-state index contributed by atoms with van der Waals surface area (Å²) >= 11 is 0. The van der Waals surface area contributed by atoms with E-state index in [0.717, 1.165) is 64.2 Å². The van der Waals surface area contributed by atoms with Gasteiger partial charge in [0.25, 0.3) is 0 Å². The molecule has 1 atom stereocenters. The molecule has 0 saturated heterocycles. The summed E-state index contributed by atoms with van der Waals surface area (Å²) < 4.78 is 16.8. The van der Waals surface area contributed by atoms with E-state index in [1.165, 1.54) is 161 Å². The minimum atomic E-state index is -0.771. The first-order chi connectivity index (χ1) is 28.0. The molecule has 0 aliphatic carbocycles. The topological polar surface area (TPSA) is 78.9 Å². The summed E-state index contributed by atoms with van der Waals surface area (Å²) in [6.07, 6.45) is 51.5. The van der Waals surface area contributed by atoms with Crippen molar-refractivity contribution >= 4 is 17.9 Å². The molecule has 0 aromatic carbocycles. The van der Waals surface area contributed by atoms with Gasteiger partial charge in [-0.1, -0.05) is 199 Å². The molecule has 0 aliphatic heterocycles. The molecule has 1 unspecified atom stereocenters. The van der Waals surface area contributed by atoms with Gasteiger partial charge in [0, 0.05) is 19.3 Å². The smallest absolute Gasteiger partial charge is 0.306 e. The molecule has 0 bridgehead atoms. The van der Waals surface area contributed by atoms with Crippen LogP contribution in [0.15, 0.2) is 24.3 Å². The highest BCUT2D eigenvalue weighted by Crippen LogP contribution is 2.15. The van der Waals surface area contributed by atoms with Crippen molar-refractivity contribution in [3.05, 3.63) is 24.3 Å². The Labute approximate surface area is 353 Å². The van der Waals surface area contributed by atoms with E-state index in [1.807, 2.05) is 0 Å². The minimum absolute atomic E-state index is 0.0726. The highest BCUT2D eigenvalue weighted by molar-refractivity contribution is 5.71. The number of unbranched alkanes of at least 4 members (excludes halogenated alkanes) is 30. The number of hydrogen-bond acceptors (Lipinski definition) is 6. The van der Waals surface area contributed by atoms with Gasteiger partial charge in [0.15, 0.2) is 6.10 Å². The van der Waals surface area contributed by atoms with Crippen LogP contribution < -0.4 is 0 Å². The Kier molecular flexibility index (Phi) is 44.9. The standard InChI is InChI=1S/C51H94O6/c1-4-7-10-13-16-19-22-25-26-27-30-32-35-38-41-44-50(53)56-47-48(57-51(54)45-42-39-36-33-29-24-21-18-15-12-9-6-3)46-55-49(52)43-40-37-34-31-28-23-20-17-14-11-8-5-2/h18-19,21-22,48H,4-17,20,23-47H2,1-3H3/b21-18-,22-19-. The first kappa shape index (κ1) is 54.9. The summed E-state index contributed by atoms with van der Waals surface area (Å²) in [5.74, 6) is -0.878. The van der Waals surface area contributed by atoms with Gasteiger partial charge in [0.05, 0.1) is 0 Å². The SMILES string of the molecule is CCCCC/C=C\CCCCCCCC(=O)OC(COC(=O)CCCCCCCCC/C=C\CCCCCC)COC(=O)CCCCCCCCCCCCCC. The normalized spacial score (nSPS) is 12.1. The number of allylic oxidation sites excluding steroid dienone is 4. The van der Waals surface area contributed by atoms with E-state index in [-0.39, 0.29) is 31.1 Å². The molecular weight excluding hydrogens is 709 g/mol. The Morgan fingerprint density at radius 1 is 0.333 bits per heavy atom. The predicted molar refractivity (Wildman–Crippen MR) is 243 cm³/mol. The van der Waals surface area contributed by atoms with Crippen LogP contribution >= 0.6 is 0 Å². The quantitative estimate of drug-likeness (QED) is 0.0264. The number of hydrogen-bond donors (Lipinski definition) is 0. The van der Waals surface area contributed by atoms with Crippen LogP contribution in [-0.4, -0.2) is 37.2 Å². The third kappa shape index (κ3) is 44.8. The van der Waals surface area contributed by atoms with Gasteiger partial charge < -0.3 is 14.2 Å². The van der Waals surface area contributed by atoms with E-state index < -0.39 is 6.10 Å². The zero-order chi connectivity index (χ0) is 41.5. The maximum absolute atomic E-state index is 12.7. The van der Waals surface area contributed by atoms with Gasteiger partial charge in [-0.3, -0.25) is 14.4 Å². The van der Waals surface area contributed by atoms with Crippen LogP contribution in [0.4, 0.5) is 0 Å². The van der Waals surface area contributed by atoms with E-state index in [4.69, 9.17) is 14.2 Å². The summed E-state index contributed by atoms with van der Waals surface area (Å²) in [6.45, 7) is 6.60. The van der Waals surface area contributed by atoms with E-state index in [9.17, 15) is 14.4 Å². The van der Waals surface area contributed by atoms with Gasteiger partial charge >= 0.3 is 17.9 Å². The first-order valence-electron chi connectivity index (χ1n) is 24.8. The molecule has 6 nitrogen and oxygen atoms in total. The number of carbonyl (C=O) groups is 3. The van der Waals surface area contributed by atoms with Gasteiger partial charge in [0.1, 0.15) is 13.2 Å². The Hall–Kier alpha value is -2.11. The number of carbonyl (C=O) groups excluding carboxylic acids is 3. The van der Waals surface area contributed by atoms with Crippen molar-refractivity contribution in [2.24, 2.45) is 0 Å². The molecule has 334 valence electrons. The maximum Gasteiger partial charge on any atom is 0.306 e. The lowest BCUT2D eigenvalue weighted by Crippen LogP contribution is -2.30. The van der Waals surface area contributed by atoms with Crippen molar-refractivity contribution in [1.29, 1.82) is 0 Å². The summed E-state index contributed by atoms with van der Waals surface area (Å²) in [5.41, 5.74) is 0. The molecule has 0 saturated carbocycles. The van der Waals surface area contributed by atoms with Crippen LogP contribution in [0.25, 0.3) is 0 Å². The zero-order valence-corrected chi connectivity index (χ0v) is 38.1. The lowest BCUT2D eigenvalue weighted by Gasteiger charge is -2.18. The summed E-state index contributed by atoms with van der Waals surface area (Å²) in [6, 6.07) is 0. The number of esters is 3. The largest absolute Gasteiger partial charge is 0.462 e. The highest BCUT2D eigenvalue weighted by Gasteiger charge is 2.19. The fourth-order valence-electron chi connectivity index (χ4n) is 7.14. The van der Waals surface area contributed by atoms with E-state index in [1.54, 1.807) is 0 Å². The summed E-state index contributed by atoms with van der Waals surface area (Å²) in [4.78, 5) is 37.8. The summed E-state index contributed by atoms with van der Waals surface area (Å²) in [7, 11) is 0. The second-order valence-electron chi connectivity index (χ2n) is 16.7. The molecule has 0 aromatic heterocycles. The summed E-state index contributed by atoms with van der Waals surface area (Å²) in [5, 5.41) is 0. The molecule has 0 aliphatic rings. The predicted octanol–water partition coefficient (Wildman–Crippen LogP) is 16.0. The van der Waals surface area contributed by atoms with E-state index >= 15 is 0 Å². The molecule has 0 spiro atoms. The van der Waals surface area contributed by atoms with Crippen LogP contribution in [0, 0.1) is 0 Å². The second kappa shape index (κ2) is 46.6. The van der Waals surface area contributed by atoms with Crippen LogP contribution in [0.2, 0.25) is 0 Å². The molecular formula is C51H94O6. The fraction of sp³-hybridized carbons (Fsp3) is 0.863. The van der Waals surface area contributed by atoms with Crippen molar-refractivity contribution in [3.8, 4) is 0 Å². The van der Waals surface area contributed by atoms with E-state index in [0.29, 0.717) is 19.3 Å². The fourth-order valence-corrected chi connectivity index (χ4v) is 7.14. The Morgan fingerprint density at radius 3 is 0.930 bits per heavy atom. The van der Waals surface area contributed by atoms with Gasteiger partial charge in [-0.2, -0.15) is 0 Å². The second-order valence-corrected chi connectivity index (χ2v) is 16.7. The van der Waals surface area contributed by atoms with Crippen molar-refractivity contribution in [1.82, 2.24) is 0 Å². The minimum Gasteiger partial charge on any atom is -0.462 e. The molecule has 57 heavy (non-hydrogen) atoms. The Bertz CT molecular complexity index is 927. The molecule has 0 rings (SSSR count). The van der Waals surface area contributed by atoms with Crippen molar-refractivity contribution in [3.63, 3.8) is 0 Å². The lowest BCUT2D eigenvalue weighted by atomic mass is 10.0. The molecule has 0 amide bonds. The van der Waals surface area contributed by atoms with Crippen molar-refractivity contribution < 1.29 is 28.6 Å². The van der Waals surface area contributed by atoms with Gasteiger partial charge in [0.2, 0.25) is 0 Å². The Morgan fingerprint density at radius 2 is 0.579 bits per heavy atom. The average Bonchev–Trinajstić information content (AvgIpc) is 3.21. The zero-order valence-electron chi connectivity index (χ0n) is 38.1. The van der Waals surface area contributed by atoms with Crippen LogP contribution in [0.5, 0.6) is 0 Å².